The molecule has 1 fully saturated rings. The molecule has 1 saturated heterocycles. The maximum Gasteiger partial charge on any atom is 0.221 e. The summed E-state index contributed by atoms with van der Waals surface area (Å²) in [5.41, 5.74) is 1.32. The first-order chi connectivity index (χ1) is 10.2. The molecule has 0 spiro atoms. The lowest BCUT2D eigenvalue weighted by atomic mass is 10.2. The molecule has 0 bridgehead atoms. The van der Waals surface area contributed by atoms with Gasteiger partial charge in [-0.1, -0.05) is 12.1 Å². The van der Waals surface area contributed by atoms with Gasteiger partial charge < -0.3 is 9.64 Å². The first kappa shape index (κ1) is 19.2. The topological polar surface area (TPSA) is 32.8 Å². The number of carbonyl (C=O) groups is 1. The minimum Gasteiger partial charge on any atom is -0.497 e. The number of benzene rings is 1. The van der Waals surface area contributed by atoms with Crippen LogP contribution in [-0.2, 0) is 11.3 Å². The molecule has 0 N–H and O–H groups in total. The smallest absolute Gasteiger partial charge is 0.221 e. The highest BCUT2D eigenvalue weighted by Gasteiger charge is 2.16. The van der Waals surface area contributed by atoms with Gasteiger partial charge in [0.05, 0.1) is 7.11 Å². The van der Waals surface area contributed by atoms with Crippen LogP contribution in [0.5, 0.6) is 5.75 Å². The van der Waals surface area contributed by atoms with Crippen LogP contribution in [0.1, 0.15) is 18.4 Å². The molecule has 1 aliphatic rings. The van der Waals surface area contributed by atoms with Gasteiger partial charge in [-0.25, -0.2) is 0 Å². The Morgan fingerprint density at radius 2 is 1.73 bits per heavy atom. The summed E-state index contributed by atoms with van der Waals surface area (Å²) in [7, 11) is 1.69. The summed E-state index contributed by atoms with van der Waals surface area (Å²) in [5.74, 6) is 0.900. The van der Waals surface area contributed by atoms with Crippen molar-refractivity contribution in [3.63, 3.8) is 0 Å². The van der Waals surface area contributed by atoms with Crippen LogP contribution in [0.3, 0.4) is 0 Å². The molecule has 0 unspecified atom stereocenters. The van der Waals surface area contributed by atoms with Gasteiger partial charge in [-0.05, 0) is 42.3 Å². The number of hydrogen-bond acceptors (Lipinski definition) is 4. The van der Waals surface area contributed by atoms with Crippen LogP contribution in [0, 0.1) is 0 Å². The van der Waals surface area contributed by atoms with E-state index >= 15 is 0 Å². The summed E-state index contributed by atoms with van der Waals surface area (Å²) in [6.45, 7) is 6.22. The van der Waals surface area contributed by atoms with Gasteiger partial charge in [0.15, 0.2) is 0 Å². The van der Waals surface area contributed by atoms with Gasteiger partial charge >= 0.3 is 0 Å². The van der Waals surface area contributed by atoms with Crippen LogP contribution in [0.15, 0.2) is 24.3 Å². The standard InChI is InChI=1S/C16H23ClN2O2.ClH/c1-21-15-6-4-14(5-7-15)13-19-11-9-18(10-12-19)8-2-3-16(17)20;/h4-7H,2-3,8-13H2,1H3;1H. The first-order valence-electron chi connectivity index (χ1n) is 7.43. The summed E-state index contributed by atoms with van der Waals surface area (Å²) >= 11 is 5.36. The molecule has 0 aromatic heterocycles. The number of halogens is 2. The van der Waals surface area contributed by atoms with Crippen LogP contribution in [0.25, 0.3) is 0 Å². The van der Waals surface area contributed by atoms with Crippen LogP contribution in [-0.4, -0.2) is 54.9 Å². The van der Waals surface area contributed by atoms with Gasteiger partial charge in [-0.2, -0.15) is 0 Å². The normalized spacial score (nSPS) is 16.1. The van der Waals surface area contributed by atoms with Gasteiger partial charge in [0, 0.05) is 39.1 Å². The van der Waals surface area contributed by atoms with E-state index in [9.17, 15) is 4.79 Å². The number of hydrogen-bond donors (Lipinski definition) is 0. The van der Waals surface area contributed by atoms with Gasteiger partial charge in [0.1, 0.15) is 5.75 Å². The van der Waals surface area contributed by atoms with Crippen molar-refractivity contribution in [3.05, 3.63) is 29.8 Å². The molecular formula is C16H24Cl2N2O2. The van der Waals surface area contributed by atoms with E-state index in [2.05, 4.69) is 21.9 Å². The summed E-state index contributed by atoms with van der Waals surface area (Å²) in [6, 6.07) is 8.26. The lowest BCUT2D eigenvalue weighted by molar-refractivity contribution is -0.111. The molecule has 1 aromatic rings. The van der Waals surface area contributed by atoms with E-state index in [4.69, 9.17) is 16.3 Å². The molecule has 2 rings (SSSR count). The predicted octanol–water partition coefficient (Wildman–Crippen LogP) is 2.78. The molecule has 0 radical (unpaired) electrons. The maximum atomic E-state index is 10.7. The second-order valence-corrected chi connectivity index (χ2v) is 5.85. The highest BCUT2D eigenvalue weighted by molar-refractivity contribution is 6.63. The number of carbonyl (C=O) groups excluding carboxylic acids is 1. The lowest BCUT2D eigenvalue weighted by Gasteiger charge is -2.34. The third kappa shape index (κ3) is 6.53. The largest absolute Gasteiger partial charge is 0.497 e. The van der Waals surface area contributed by atoms with E-state index in [0.717, 1.165) is 51.4 Å². The van der Waals surface area contributed by atoms with E-state index in [1.54, 1.807) is 7.11 Å². The maximum absolute atomic E-state index is 10.7. The average molecular weight is 347 g/mol. The van der Waals surface area contributed by atoms with Crippen LogP contribution >= 0.6 is 24.0 Å². The van der Waals surface area contributed by atoms with Crippen molar-refractivity contribution in [3.8, 4) is 5.75 Å². The summed E-state index contributed by atoms with van der Waals surface area (Å²) in [5, 5.41) is -0.229. The first-order valence-corrected chi connectivity index (χ1v) is 7.81. The Morgan fingerprint density at radius 3 is 2.27 bits per heavy atom. The molecule has 0 saturated carbocycles. The molecule has 0 aliphatic carbocycles. The van der Waals surface area contributed by atoms with Crippen LogP contribution < -0.4 is 4.74 Å². The minimum atomic E-state index is -0.229. The fraction of sp³-hybridized carbons (Fsp3) is 0.562. The number of ether oxygens (including phenoxy) is 1. The monoisotopic (exact) mass is 346 g/mol. The van der Waals surface area contributed by atoms with Crippen molar-refractivity contribution in [2.24, 2.45) is 0 Å². The number of methoxy groups -OCH3 is 1. The quantitative estimate of drug-likeness (QED) is 0.710. The molecule has 1 heterocycles. The third-order valence-corrected chi connectivity index (χ3v) is 4.07. The minimum absolute atomic E-state index is 0. The lowest BCUT2D eigenvalue weighted by Crippen LogP contribution is -2.46. The van der Waals surface area contributed by atoms with Gasteiger partial charge in [-0.15, -0.1) is 12.4 Å². The molecule has 1 aliphatic heterocycles. The number of nitrogens with zero attached hydrogens (tertiary/aromatic N) is 2. The SMILES string of the molecule is COc1ccc(CN2CCN(CCCC(=O)Cl)CC2)cc1.Cl. The number of piperazine rings is 1. The van der Waals surface area contributed by atoms with E-state index in [1.807, 2.05) is 12.1 Å². The second-order valence-electron chi connectivity index (χ2n) is 5.42. The van der Waals surface area contributed by atoms with Crippen LogP contribution in [0.4, 0.5) is 0 Å². The van der Waals surface area contributed by atoms with Crippen molar-refractivity contribution >= 4 is 29.3 Å². The fourth-order valence-corrected chi connectivity index (χ4v) is 2.74. The Morgan fingerprint density at radius 1 is 1.14 bits per heavy atom. The van der Waals surface area contributed by atoms with E-state index < -0.39 is 0 Å². The number of rotatable bonds is 7. The van der Waals surface area contributed by atoms with E-state index in [-0.39, 0.29) is 17.6 Å². The zero-order chi connectivity index (χ0) is 15.1. The molecule has 0 amide bonds. The second kappa shape index (κ2) is 10.1. The summed E-state index contributed by atoms with van der Waals surface area (Å²) in [4.78, 5) is 15.6. The van der Waals surface area contributed by atoms with Crippen molar-refractivity contribution in [2.45, 2.75) is 19.4 Å². The highest BCUT2D eigenvalue weighted by atomic mass is 35.5. The molecular weight excluding hydrogens is 323 g/mol. The van der Waals surface area contributed by atoms with Gasteiger partial charge in [-0.3, -0.25) is 9.69 Å². The zero-order valence-electron chi connectivity index (χ0n) is 13.0. The Labute approximate surface area is 143 Å². The highest BCUT2D eigenvalue weighted by Crippen LogP contribution is 2.14. The van der Waals surface area contributed by atoms with Crippen molar-refractivity contribution in [2.75, 3.05) is 39.8 Å². The Bertz CT molecular complexity index is 446. The Hall–Kier alpha value is -0.810. The summed E-state index contributed by atoms with van der Waals surface area (Å²) < 4.78 is 5.17. The molecule has 124 valence electrons. The summed E-state index contributed by atoms with van der Waals surface area (Å²) in [6.07, 6.45) is 1.34. The Kier molecular flexibility index (Phi) is 8.79. The molecule has 1 aromatic carbocycles. The third-order valence-electron chi connectivity index (χ3n) is 3.88. The predicted molar refractivity (Wildman–Crippen MR) is 92.1 cm³/mol. The average Bonchev–Trinajstić information content (AvgIpc) is 2.49. The van der Waals surface area contributed by atoms with Gasteiger partial charge in [0.2, 0.25) is 5.24 Å². The molecule has 6 heteroatoms. The molecule has 22 heavy (non-hydrogen) atoms. The van der Waals surface area contributed by atoms with Crippen molar-refractivity contribution in [1.29, 1.82) is 0 Å². The van der Waals surface area contributed by atoms with Crippen LogP contribution in [0.2, 0.25) is 0 Å². The zero-order valence-corrected chi connectivity index (χ0v) is 14.5. The van der Waals surface area contributed by atoms with Crippen molar-refractivity contribution < 1.29 is 9.53 Å². The Balaban J connectivity index is 0.00000242. The van der Waals surface area contributed by atoms with Crippen molar-refractivity contribution in [1.82, 2.24) is 9.80 Å². The molecule has 4 nitrogen and oxygen atoms in total. The van der Waals surface area contributed by atoms with E-state index in [0.29, 0.717) is 6.42 Å². The van der Waals surface area contributed by atoms with Gasteiger partial charge in [0.25, 0.3) is 0 Å². The fourth-order valence-electron chi connectivity index (χ4n) is 2.60. The van der Waals surface area contributed by atoms with E-state index in [1.165, 1.54) is 5.56 Å². The molecule has 0 atom stereocenters.